The Morgan fingerprint density at radius 2 is 1.71 bits per heavy atom. The Labute approximate surface area is 83.2 Å². The molecule has 0 heterocycles. The average molecular weight is 200 g/mol. The smallest absolute Gasteiger partial charge is 0.324 e. The molecule has 0 aliphatic carbocycles. The summed E-state index contributed by atoms with van der Waals surface area (Å²) in [6.07, 6.45) is 0.676. The van der Waals surface area contributed by atoms with E-state index in [1.807, 2.05) is 6.92 Å². The van der Waals surface area contributed by atoms with E-state index in [-0.39, 0.29) is 11.5 Å². The minimum absolute atomic E-state index is 0.118. The van der Waals surface area contributed by atoms with Crippen LogP contribution >= 0.6 is 0 Å². The van der Waals surface area contributed by atoms with Crippen molar-refractivity contribution in [3.8, 4) is 0 Å². The molecule has 4 nitrogen and oxygen atoms in total. The fourth-order valence-electron chi connectivity index (χ4n) is 1.11. The second-order valence-electron chi connectivity index (χ2n) is 3.57. The predicted molar refractivity (Wildman–Crippen MR) is 52.0 cm³/mol. The summed E-state index contributed by atoms with van der Waals surface area (Å²) in [5, 5.41) is 17.8. The highest BCUT2D eigenvalue weighted by Gasteiger charge is 2.45. The highest BCUT2D eigenvalue weighted by Crippen LogP contribution is 2.33. The number of carboxylic acids is 2. The molecule has 0 saturated heterocycles. The van der Waals surface area contributed by atoms with E-state index in [0.717, 1.165) is 0 Å². The molecule has 0 aromatic carbocycles. The topological polar surface area (TPSA) is 74.6 Å². The molecule has 0 aliphatic rings. The second-order valence-corrected chi connectivity index (χ2v) is 3.57. The van der Waals surface area contributed by atoms with Crippen molar-refractivity contribution in [3.63, 3.8) is 0 Å². The first kappa shape index (κ1) is 12.7. The highest BCUT2D eigenvalue weighted by atomic mass is 16.4. The Morgan fingerprint density at radius 3 is 1.93 bits per heavy atom. The molecule has 2 N–H and O–H groups in total. The molecule has 0 aromatic rings. The first-order valence-corrected chi connectivity index (χ1v) is 4.44. The molecule has 0 fully saturated rings. The number of hydrogen-bond donors (Lipinski definition) is 2. The van der Waals surface area contributed by atoms with E-state index < -0.39 is 17.4 Å². The van der Waals surface area contributed by atoms with Crippen molar-refractivity contribution in [2.24, 2.45) is 11.3 Å². The zero-order valence-corrected chi connectivity index (χ0v) is 8.70. The maximum Gasteiger partial charge on any atom is 0.324 e. The molecule has 0 spiro atoms. The largest absolute Gasteiger partial charge is 0.480 e. The van der Waals surface area contributed by atoms with Gasteiger partial charge in [0, 0.05) is 0 Å². The Bertz CT molecular complexity index is 253. The van der Waals surface area contributed by atoms with Gasteiger partial charge in [-0.1, -0.05) is 20.4 Å². The minimum Gasteiger partial charge on any atom is -0.480 e. The lowest BCUT2D eigenvalue weighted by atomic mass is 9.76. The molecular formula is C10H16O4. The lowest BCUT2D eigenvalue weighted by molar-refractivity contribution is -0.160. The van der Waals surface area contributed by atoms with Gasteiger partial charge in [-0.2, -0.15) is 0 Å². The second kappa shape index (κ2) is 4.26. The molecule has 0 aliphatic heterocycles. The lowest BCUT2D eigenvalue weighted by Gasteiger charge is -2.26. The number of aliphatic carboxylic acids is 2. The summed E-state index contributed by atoms with van der Waals surface area (Å²) in [4.78, 5) is 21.8. The van der Waals surface area contributed by atoms with Crippen LogP contribution in [0.25, 0.3) is 0 Å². The van der Waals surface area contributed by atoms with Crippen molar-refractivity contribution in [1.82, 2.24) is 0 Å². The number of hydrogen-bond acceptors (Lipinski definition) is 2. The monoisotopic (exact) mass is 200 g/mol. The molecule has 0 amide bonds. The van der Waals surface area contributed by atoms with Crippen molar-refractivity contribution in [3.05, 3.63) is 12.2 Å². The summed E-state index contributed by atoms with van der Waals surface area (Å²) in [6, 6.07) is 0. The van der Waals surface area contributed by atoms with Crippen LogP contribution in [0.2, 0.25) is 0 Å². The van der Waals surface area contributed by atoms with Gasteiger partial charge in [-0.15, -0.1) is 0 Å². The van der Waals surface area contributed by atoms with E-state index in [1.54, 1.807) is 6.92 Å². The zero-order chi connectivity index (χ0) is 11.5. The van der Waals surface area contributed by atoms with Crippen molar-refractivity contribution >= 4 is 11.9 Å². The molecule has 1 atom stereocenters. The third-order valence-electron chi connectivity index (χ3n) is 2.70. The van der Waals surface area contributed by atoms with Gasteiger partial charge in [0.05, 0.1) is 0 Å². The van der Waals surface area contributed by atoms with Crippen LogP contribution in [0.5, 0.6) is 0 Å². The Morgan fingerprint density at radius 1 is 1.36 bits per heavy atom. The third-order valence-corrected chi connectivity index (χ3v) is 2.70. The molecular weight excluding hydrogens is 184 g/mol. The fourth-order valence-corrected chi connectivity index (χ4v) is 1.11. The van der Waals surface area contributed by atoms with Gasteiger partial charge in [0.25, 0.3) is 0 Å². The summed E-state index contributed by atoms with van der Waals surface area (Å²) in [6.45, 7) is 8.38. The van der Waals surface area contributed by atoms with Crippen LogP contribution in [0, 0.1) is 11.3 Å². The van der Waals surface area contributed by atoms with Gasteiger partial charge in [-0.05, 0) is 24.8 Å². The average Bonchev–Trinajstić information content (AvgIpc) is 2.13. The maximum absolute atomic E-state index is 10.9. The summed E-state index contributed by atoms with van der Waals surface area (Å²) < 4.78 is 0. The standard InChI is InChI=1S/C10H16O4/c1-5-6(2)7(3)10(4,8(11)12)9(13)14/h6H,3,5H2,1-2,4H3,(H,11,12)(H,13,14). The van der Waals surface area contributed by atoms with E-state index in [0.29, 0.717) is 6.42 Å². The number of carbonyl (C=O) groups is 2. The first-order chi connectivity index (χ1) is 6.28. The van der Waals surface area contributed by atoms with Crippen molar-refractivity contribution in [1.29, 1.82) is 0 Å². The SMILES string of the molecule is C=C(C(C)CC)C(C)(C(=O)O)C(=O)O. The van der Waals surface area contributed by atoms with E-state index in [4.69, 9.17) is 10.2 Å². The summed E-state index contributed by atoms with van der Waals surface area (Å²) in [5.74, 6) is -2.85. The fraction of sp³-hybridized carbons (Fsp3) is 0.600. The molecule has 1 unspecified atom stereocenters. The first-order valence-electron chi connectivity index (χ1n) is 4.44. The van der Waals surface area contributed by atoms with Gasteiger partial charge < -0.3 is 10.2 Å². The summed E-state index contributed by atoms with van der Waals surface area (Å²) in [5.41, 5.74) is -1.64. The van der Waals surface area contributed by atoms with E-state index in [9.17, 15) is 9.59 Å². The van der Waals surface area contributed by atoms with Gasteiger partial charge in [0.1, 0.15) is 0 Å². The van der Waals surface area contributed by atoms with Crippen LogP contribution in [-0.4, -0.2) is 22.2 Å². The van der Waals surface area contributed by atoms with E-state index >= 15 is 0 Å². The molecule has 0 rings (SSSR count). The van der Waals surface area contributed by atoms with E-state index in [1.165, 1.54) is 6.92 Å². The molecule has 14 heavy (non-hydrogen) atoms. The van der Waals surface area contributed by atoms with Crippen LogP contribution in [0.3, 0.4) is 0 Å². The molecule has 0 bridgehead atoms. The third kappa shape index (κ3) is 1.95. The van der Waals surface area contributed by atoms with Crippen LogP contribution in [0.15, 0.2) is 12.2 Å². The van der Waals surface area contributed by atoms with Crippen molar-refractivity contribution in [2.45, 2.75) is 27.2 Å². The van der Waals surface area contributed by atoms with Gasteiger partial charge in [-0.25, -0.2) is 0 Å². The van der Waals surface area contributed by atoms with Crippen molar-refractivity contribution in [2.75, 3.05) is 0 Å². The van der Waals surface area contributed by atoms with Crippen molar-refractivity contribution < 1.29 is 19.8 Å². The summed E-state index contributed by atoms with van der Waals surface area (Å²) >= 11 is 0. The molecule has 4 heteroatoms. The van der Waals surface area contributed by atoms with Crippen LogP contribution < -0.4 is 0 Å². The van der Waals surface area contributed by atoms with Gasteiger partial charge in [0.15, 0.2) is 5.41 Å². The lowest BCUT2D eigenvalue weighted by Crippen LogP contribution is -2.39. The summed E-state index contributed by atoms with van der Waals surface area (Å²) in [7, 11) is 0. The Hall–Kier alpha value is -1.32. The Kier molecular flexibility index (Phi) is 3.86. The van der Waals surface area contributed by atoms with Crippen LogP contribution in [-0.2, 0) is 9.59 Å². The molecule has 0 radical (unpaired) electrons. The minimum atomic E-state index is -1.88. The van der Waals surface area contributed by atoms with E-state index in [2.05, 4.69) is 6.58 Å². The number of rotatable bonds is 5. The molecule has 0 aromatic heterocycles. The number of carboxylic acid groups (broad SMARTS) is 2. The highest BCUT2D eigenvalue weighted by molar-refractivity contribution is 6.01. The maximum atomic E-state index is 10.9. The normalized spacial score (nSPS) is 13.4. The quantitative estimate of drug-likeness (QED) is 0.524. The van der Waals surface area contributed by atoms with Gasteiger partial charge >= 0.3 is 11.9 Å². The molecule has 0 saturated carbocycles. The van der Waals surface area contributed by atoms with Crippen LogP contribution in [0.1, 0.15) is 27.2 Å². The Balaban J connectivity index is 5.13. The predicted octanol–water partition coefficient (Wildman–Crippen LogP) is 1.76. The zero-order valence-electron chi connectivity index (χ0n) is 8.70. The van der Waals surface area contributed by atoms with Crippen LogP contribution in [0.4, 0.5) is 0 Å². The molecule has 80 valence electrons. The van der Waals surface area contributed by atoms with Gasteiger partial charge in [0.2, 0.25) is 0 Å². The van der Waals surface area contributed by atoms with Gasteiger partial charge in [-0.3, -0.25) is 9.59 Å².